The molecule has 0 fully saturated rings. The van der Waals surface area contributed by atoms with Gasteiger partial charge < -0.3 is 30.7 Å². The molecule has 248 valence electrons. The number of hydrogen-bond acceptors (Lipinski definition) is 7. The van der Waals surface area contributed by atoms with Crippen LogP contribution in [0.4, 0.5) is 4.79 Å². The molecule has 0 unspecified atom stereocenters. The maximum Gasteiger partial charge on any atom is 0.405 e. The van der Waals surface area contributed by atoms with Gasteiger partial charge in [-0.05, 0) is 61.8 Å². The quantitative estimate of drug-likeness (QED) is 0.138. The molecule has 0 aliphatic heterocycles. The third-order valence-electron chi connectivity index (χ3n) is 8.00. The number of carboxylic acid groups (broad SMARTS) is 1. The predicted octanol–water partition coefficient (Wildman–Crippen LogP) is 4.86. The fourth-order valence-corrected chi connectivity index (χ4v) is 5.56. The molecule has 47 heavy (non-hydrogen) atoms. The standard InChI is InChI=1S/C36H43N5O6/c1-22-31(23(2)47-41-22)33(43)39-29(20-24-11-7-6-8-12-24)30(42)21-27(38-34(44)32(36(3,4)5)40-35(45)46)19-25-14-16-26(17-15-25)28-13-9-10-18-37-28/h6-18,27,29-30,32,40,42H,19-21H2,1-5H3,(H,38,44)(H,39,43)(H,45,46)/t27-,29-,30-,32+/m0/s1. The van der Waals surface area contributed by atoms with E-state index < -0.39 is 47.6 Å². The van der Waals surface area contributed by atoms with Crippen molar-refractivity contribution >= 4 is 17.9 Å². The van der Waals surface area contributed by atoms with Crippen LogP contribution in [0, 0.1) is 19.3 Å². The third-order valence-corrected chi connectivity index (χ3v) is 8.00. The lowest BCUT2D eigenvalue weighted by atomic mass is 9.85. The van der Waals surface area contributed by atoms with E-state index in [1.54, 1.807) is 40.8 Å². The summed E-state index contributed by atoms with van der Waals surface area (Å²) in [6.45, 7) is 8.64. The maximum atomic E-state index is 13.6. The van der Waals surface area contributed by atoms with Crippen molar-refractivity contribution in [2.75, 3.05) is 0 Å². The molecule has 0 bridgehead atoms. The Hall–Kier alpha value is -5.03. The highest BCUT2D eigenvalue weighted by Crippen LogP contribution is 2.23. The summed E-state index contributed by atoms with van der Waals surface area (Å²) in [5, 5.41) is 33.4. The molecule has 11 nitrogen and oxygen atoms in total. The highest BCUT2D eigenvalue weighted by molar-refractivity contribution is 5.96. The van der Waals surface area contributed by atoms with Crippen LogP contribution in [0.2, 0.25) is 0 Å². The number of aryl methyl sites for hydroxylation is 2. The number of carbonyl (C=O) groups excluding carboxylic acids is 2. The molecule has 0 aliphatic carbocycles. The number of carbonyl (C=O) groups is 3. The van der Waals surface area contributed by atoms with Crippen molar-refractivity contribution in [3.05, 3.63) is 107 Å². The smallest absolute Gasteiger partial charge is 0.405 e. The lowest BCUT2D eigenvalue weighted by Crippen LogP contribution is -2.56. The number of benzene rings is 2. The molecular formula is C36H43N5O6. The van der Waals surface area contributed by atoms with Crippen LogP contribution in [0.25, 0.3) is 11.3 Å². The molecule has 0 saturated carbocycles. The zero-order chi connectivity index (χ0) is 34.1. The van der Waals surface area contributed by atoms with Crippen LogP contribution >= 0.6 is 0 Å². The van der Waals surface area contributed by atoms with Crippen LogP contribution in [0.1, 0.15) is 60.1 Å². The van der Waals surface area contributed by atoms with Crippen molar-refractivity contribution in [2.45, 2.75) is 78.1 Å². The molecule has 2 aromatic heterocycles. The number of hydrogen-bond donors (Lipinski definition) is 5. The number of nitrogens with zero attached hydrogens (tertiary/aromatic N) is 2. The molecule has 4 aromatic rings. The highest BCUT2D eigenvalue weighted by Gasteiger charge is 2.35. The Kier molecular flexibility index (Phi) is 11.5. The van der Waals surface area contributed by atoms with Crippen LogP contribution in [0.15, 0.2) is 83.5 Å². The van der Waals surface area contributed by atoms with Gasteiger partial charge in [-0.3, -0.25) is 14.6 Å². The van der Waals surface area contributed by atoms with E-state index in [4.69, 9.17) is 4.52 Å². The van der Waals surface area contributed by atoms with Gasteiger partial charge in [-0.1, -0.05) is 86.6 Å². The highest BCUT2D eigenvalue weighted by atomic mass is 16.5. The summed E-state index contributed by atoms with van der Waals surface area (Å²) in [5.74, 6) is -0.571. The maximum absolute atomic E-state index is 13.6. The number of nitrogens with one attached hydrogen (secondary N) is 3. The van der Waals surface area contributed by atoms with Crippen molar-refractivity contribution in [1.82, 2.24) is 26.1 Å². The largest absolute Gasteiger partial charge is 0.465 e. The fraction of sp³-hybridized carbons (Fsp3) is 0.361. The van der Waals surface area contributed by atoms with E-state index in [-0.39, 0.29) is 6.42 Å². The number of pyridine rings is 1. The Labute approximate surface area is 274 Å². The van der Waals surface area contributed by atoms with Crippen LogP contribution < -0.4 is 16.0 Å². The predicted molar refractivity (Wildman–Crippen MR) is 178 cm³/mol. The second-order valence-corrected chi connectivity index (χ2v) is 12.8. The Balaban J connectivity index is 1.61. The van der Waals surface area contributed by atoms with Crippen molar-refractivity contribution in [2.24, 2.45) is 5.41 Å². The molecule has 2 aromatic carbocycles. The lowest BCUT2D eigenvalue weighted by molar-refractivity contribution is -0.126. The molecule has 0 spiro atoms. The van der Waals surface area contributed by atoms with Crippen molar-refractivity contribution in [3.63, 3.8) is 0 Å². The average Bonchev–Trinajstić information content (AvgIpc) is 3.37. The van der Waals surface area contributed by atoms with Gasteiger partial charge in [-0.25, -0.2) is 4.79 Å². The molecule has 4 atom stereocenters. The number of aromatic nitrogens is 2. The van der Waals surface area contributed by atoms with Gasteiger partial charge in [0.15, 0.2) is 0 Å². The molecule has 5 N–H and O–H groups in total. The molecule has 4 rings (SSSR count). The van der Waals surface area contributed by atoms with Crippen molar-refractivity contribution < 1.29 is 29.1 Å². The summed E-state index contributed by atoms with van der Waals surface area (Å²) < 4.78 is 5.19. The molecule has 3 amide bonds. The summed E-state index contributed by atoms with van der Waals surface area (Å²) in [5.41, 5.74) is 3.56. The number of amides is 3. The normalized spacial score (nSPS) is 14.0. The summed E-state index contributed by atoms with van der Waals surface area (Å²) in [4.78, 5) is 43.0. The van der Waals surface area contributed by atoms with E-state index in [1.807, 2.05) is 72.8 Å². The van der Waals surface area contributed by atoms with Gasteiger partial charge in [0.25, 0.3) is 5.91 Å². The Morgan fingerprint density at radius 2 is 1.51 bits per heavy atom. The molecule has 0 aliphatic rings. The second kappa shape index (κ2) is 15.5. The molecule has 0 saturated heterocycles. The SMILES string of the molecule is Cc1noc(C)c1C(=O)N[C@@H](Cc1ccccc1)[C@@H](O)C[C@H](Cc1ccc(-c2ccccn2)cc1)NC(=O)[C@@H](NC(=O)O)C(C)(C)C. The van der Waals surface area contributed by atoms with Crippen LogP contribution in [0.3, 0.4) is 0 Å². The van der Waals surface area contributed by atoms with Gasteiger partial charge in [0.05, 0.1) is 23.5 Å². The van der Waals surface area contributed by atoms with Gasteiger partial charge in [0, 0.05) is 17.8 Å². The first-order valence-electron chi connectivity index (χ1n) is 15.6. The number of aliphatic hydroxyl groups excluding tert-OH is 1. The third kappa shape index (κ3) is 9.73. The first kappa shape index (κ1) is 34.8. The summed E-state index contributed by atoms with van der Waals surface area (Å²) in [6.07, 6.45) is 0.0396. The topological polar surface area (TPSA) is 167 Å². The Morgan fingerprint density at radius 1 is 0.851 bits per heavy atom. The van der Waals surface area contributed by atoms with Gasteiger partial charge >= 0.3 is 6.09 Å². The van der Waals surface area contributed by atoms with Gasteiger partial charge in [-0.15, -0.1) is 0 Å². The summed E-state index contributed by atoms with van der Waals surface area (Å²) >= 11 is 0. The van der Waals surface area contributed by atoms with Crippen LogP contribution in [-0.2, 0) is 17.6 Å². The summed E-state index contributed by atoms with van der Waals surface area (Å²) in [7, 11) is 0. The Bertz CT molecular complexity index is 1610. The van der Waals surface area contributed by atoms with E-state index >= 15 is 0 Å². The van der Waals surface area contributed by atoms with E-state index in [0.717, 1.165) is 22.4 Å². The first-order chi connectivity index (χ1) is 22.3. The molecule has 0 radical (unpaired) electrons. The lowest BCUT2D eigenvalue weighted by Gasteiger charge is -2.33. The monoisotopic (exact) mass is 641 g/mol. The van der Waals surface area contributed by atoms with E-state index in [0.29, 0.717) is 29.9 Å². The zero-order valence-electron chi connectivity index (χ0n) is 27.4. The van der Waals surface area contributed by atoms with E-state index in [9.17, 15) is 24.6 Å². The van der Waals surface area contributed by atoms with Crippen molar-refractivity contribution in [3.8, 4) is 11.3 Å². The number of aliphatic hydroxyl groups is 1. The minimum absolute atomic E-state index is 0.0665. The first-order valence-corrected chi connectivity index (χ1v) is 15.6. The molecule has 11 heteroatoms. The average molecular weight is 642 g/mol. The van der Waals surface area contributed by atoms with Crippen molar-refractivity contribution in [1.29, 1.82) is 0 Å². The zero-order valence-corrected chi connectivity index (χ0v) is 27.4. The van der Waals surface area contributed by atoms with Gasteiger partial charge in [0.2, 0.25) is 5.91 Å². The minimum Gasteiger partial charge on any atom is -0.465 e. The summed E-state index contributed by atoms with van der Waals surface area (Å²) in [6, 6.07) is 20.5. The van der Waals surface area contributed by atoms with Crippen LogP contribution in [0.5, 0.6) is 0 Å². The van der Waals surface area contributed by atoms with E-state index in [2.05, 4.69) is 26.1 Å². The number of rotatable bonds is 13. The Morgan fingerprint density at radius 3 is 2.09 bits per heavy atom. The fourth-order valence-electron chi connectivity index (χ4n) is 5.56. The van der Waals surface area contributed by atoms with Crippen LogP contribution in [-0.4, -0.2) is 62.5 Å². The minimum atomic E-state index is -1.31. The van der Waals surface area contributed by atoms with E-state index in [1.165, 1.54) is 0 Å². The second-order valence-electron chi connectivity index (χ2n) is 12.8. The molecular weight excluding hydrogens is 598 g/mol. The van der Waals surface area contributed by atoms with Gasteiger partial charge in [-0.2, -0.15) is 0 Å². The van der Waals surface area contributed by atoms with Gasteiger partial charge in [0.1, 0.15) is 17.4 Å². The molecule has 2 heterocycles.